The molecule has 3 amide bonds. The van der Waals surface area contributed by atoms with E-state index in [1.807, 2.05) is 0 Å². The van der Waals surface area contributed by atoms with Crippen LogP contribution in [0.5, 0.6) is 0 Å². The van der Waals surface area contributed by atoms with E-state index >= 15 is 0 Å². The SMILES string of the molecule is O=CNCCCNC(=O)C(=O)NCc1ccco1. The van der Waals surface area contributed by atoms with Gasteiger partial charge in [0.25, 0.3) is 0 Å². The number of amides is 3. The third kappa shape index (κ3) is 5.15. The largest absolute Gasteiger partial charge is 0.467 e. The summed E-state index contributed by atoms with van der Waals surface area (Å²) in [6, 6.07) is 3.39. The van der Waals surface area contributed by atoms with Gasteiger partial charge in [-0.25, -0.2) is 0 Å². The van der Waals surface area contributed by atoms with Crippen LogP contribution < -0.4 is 16.0 Å². The van der Waals surface area contributed by atoms with E-state index in [0.717, 1.165) is 0 Å². The van der Waals surface area contributed by atoms with E-state index in [1.165, 1.54) is 6.26 Å². The highest BCUT2D eigenvalue weighted by Crippen LogP contribution is 1.97. The highest BCUT2D eigenvalue weighted by molar-refractivity contribution is 6.35. The fraction of sp³-hybridized carbons (Fsp3) is 0.364. The highest BCUT2D eigenvalue weighted by Gasteiger charge is 2.12. The minimum atomic E-state index is -0.713. The second kappa shape index (κ2) is 7.88. The van der Waals surface area contributed by atoms with Gasteiger partial charge in [-0.1, -0.05) is 0 Å². The number of rotatable bonds is 7. The lowest BCUT2D eigenvalue weighted by atomic mass is 10.4. The minimum absolute atomic E-state index is 0.173. The lowest BCUT2D eigenvalue weighted by Gasteiger charge is -2.05. The van der Waals surface area contributed by atoms with E-state index in [-0.39, 0.29) is 6.54 Å². The minimum Gasteiger partial charge on any atom is -0.467 e. The van der Waals surface area contributed by atoms with Gasteiger partial charge in [0.15, 0.2) is 0 Å². The second-order valence-electron chi connectivity index (χ2n) is 3.44. The van der Waals surface area contributed by atoms with Crippen molar-refractivity contribution in [2.24, 2.45) is 0 Å². The molecule has 98 valence electrons. The summed E-state index contributed by atoms with van der Waals surface area (Å²) in [5.74, 6) is -0.839. The van der Waals surface area contributed by atoms with Gasteiger partial charge in [0.2, 0.25) is 6.41 Å². The zero-order valence-corrected chi connectivity index (χ0v) is 9.77. The van der Waals surface area contributed by atoms with E-state index in [2.05, 4.69) is 16.0 Å². The maximum atomic E-state index is 11.3. The van der Waals surface area contributed by atoms with Crippen molar-refractivity contribution in [3.63, 3.8) is 0 Å². The molecule has 0 saturated heterocycles. The Hall–Kier alpha value is -2.31. The molecule has 0 unspecified atom stereocenters. The molecule has 1 heterocycles. The summed E-state index contributed by atoms with van der Waals surface area (Å²) in [5, 5.41) is 7.30. The van der Waals surface area contributed by atoms with Gasteiger partial charge in [-0.2, -0.15) is 0 Å². The first-order chi connectivity index (χ1) is 8.74. The second-order valence-corrected chi connectivity index (χ2v) is 3.44. The van der Waals surface area contributed by atoms with Gasteiger partial charge in [0.05, 0.1) is 12.8 Å². The van der Waals surface area contributed by atoms with Gasteiger partial charge >= 0.3 is 11.8 Å². The fourth-order valence-electron chi connectivity index (χ4n) is 1.19. The van der Waals surface area contributed by atoms with Crippen molar-refractivity contribution < 1.29 is 18.8 Å². The number of hydrogen-bond acceptors (Lipinski definition) is 4. The average Bonchev–Trinajstić information content (AvgIpc) is 2.88. The summed E-state index contributed by atoms with van der Waals surface area (Å²) >= 11 is 0. The molecule has 0 atom stereocenters. The maximum Gasteiger partial charge on any atom is 0.309 e. The molecule has 0 spiro atoms. The first-order valence-corrected chi connectivity index (χ1v) is 5.49. The molecule has 7 heteroatoms. The van der Waals surface area contributed by atoms with Crippen LogP contribution in [0.3, 0.4) is 0 Å². The third-order valence-corrected chi connectivity index (χ3v) is 2.08. The Morgan fingerprint density at radius 3 is 2.67 bits per heavy atom. The summed E-state index contributed by atoms with van der Waals surface area (Å²) in [5.41, 5.74) is 0. The Labute approximate surface area is 104 Å². The van der Waals surface area contributed by atoms with Crippen LogP contribution in [0.2, 0.25) is 0 Å². The van der Waals surface area contributed by atoms with Crippen LogP contribution in [0, 0.1) is 0 Å². The zero-order valence-electron chi connectivity index (χ0n) is 9.77. The van der Waals surface area contributed by atoms with Crippen LogP contribution in [0.15, 0.2) is 22.8 Å². The van der Waals surface area contributed by atoms with Gasteiger partial charge in [0.1, 0.15) is 5.76 Å². The van der Waals surface area contributed by atoms with Gasteiger partial charge < -0.3 is 20.4 Å². The number of carbonyl (C=O) groups is 3. The number of carbonyl (C=O) groups excluding carboxylic acids is 3. The van der Waals surface area contributed by atoms with Crippen LogP contribution in [0.1, 0.15) is 12.2 Å². The van der Waals surface area contributed by atoms with Crippen molar-refractivity contribution in [3.8, 4) is 0 Å². The summed E-state index contributed by atoms with van der Waals surface area (Å²) in [6.07, 6.45) is 2.63. The number of furan rings is 1. The molecular formula is C11H15N3O4. The number of nitrogens with one attached hydrogen (secondary N) is 3. The summed E-state index contributed by atoms with van der Waals surface area (Å²) in [4.78, 5) is 32.5. The standard InChI is InChI=1S/C11H15N3O4/c15-8-12-4-2-5-13-10(16)11(17)14-7-9-3-1-6-18-9/h1,3,6,8H,2,4-5,7H2,(H,12,15)(H,13,16)(H,14,17). The Kier molecular flexibility index (Phi) is 6.02. The predicted octanol–water partition coefficient (Wildman–Crippen LogP) is -0.852. The van der Waals surface area contributed by atoms with Crippen molar-refractivity contribution in [2.45, 2.75) is 13.0 Å². The molecule has 0 saturated carbocycles. The monoisotopic (exact) mass is 253 g/mol. The fourth-order valence-corrected chi connectivity index (χ4v) is 1.19. The van der Waals surface area contributed by atoms with E-state index in [1.54, 1.807) is 12.1 Å². The summed E-state index contributed by atoms with van der Waals surface area (Å²) in [7, 11) is 0. The molecule has 1 aromatic heterocycles. The van der Waals surface area contributed by atoms with E-state index in [9.17, 15) is 14.4 Å². The lowest BCUT2D eigenvalue weighted by molar-refractivity contribution is -0.139. The first-order valence-electron chi connectivity index (χ1n) is 5.49. The van der Waals surface area contributed by atoms with Crippen molar-refractivity contribution in [3.05, 3.63) is 24.2 Å². The van der Waals surface area contributed by atoms with Crippen molar-refractivity contribution >= 4 is 18.2 Å². The normalized spacial score (nSPS) is 9.56. The van der Waals surface area contributed by atoms with Crippen molar-refractivity contribution in [1.29, 1.82) is 0 Å². The van der Waals surface area contributed by atoms with Gasteiger partial charge in [0, 0.05) is 13.1 Å². The van der Waals surface area contributed by atoms with Gasteiger partial charge in [-0.3, -0.25) is 14.4 Å². The lowest BCUT2D eigenvalue weighted by Crippen LogP contribution is -2.40. The van der Waals surface area contributed by atoms with Crippen molar-refractivity contribution in [2.75, 3.05) is 13.1 Å². The highest BCUT2D eigenvalue weighted by atomic mass is 16.3. The average molecular weight is 253 g/mol. The molecule has 18 heavy (non-hydrogen) atoms. The molecule has 0 aromatic carbocycles. The molecular weight excluding hydrogens is 238 g/mol. The molecule has 0 aliphatic rings. The Balaban J connectivity index is 2.13. The predicted molar refractivity (Wildman–Crippen MR) is 62.2 cm³/mol. The Morgan fingerprint density at radius 1 is 1.22 bits per heavy atom. The van der Waals surface area contributed by atoms with Crippen LogP contribution >= 0.6 is 0 Å². The van der Waals surface area contributed by atoms with Crippen LogP contribution in [0.25, 0.3) is 0 Å². The van der Waals surface area contributed by atoms with Crippen LogP contribution in [0.4, 0.5) is 0 Å². The van der Waals surface area contributed by atoms with Gasteiger partial charge in [-0.05, 0) is 18.6 Å². The molecule has 0 fully saturated rings. The summed E-state index contributed by atoms with van der Waals surface area (Å²) < 4.78 is 5.00. The molecule has 1 rings (SSSR count). The quantitative estimate of drug-likeness (QED) is 0.334. The molecule has 3 N–H and O–H groups in total. The Morgan fingerprint density at radius 2 is 2.00 bits per heavy atom. The topological polar surface area (TPSA) is 100 Å². The molecule has 1 aromatic rings. The molecule has 0 aliphatic carbocycles. The molecule has 7 nitrogen and oxygen atoms in total. The molecule has 0 aliphatic heterocycles. The van der Waals surface area contributed by atoms with Crippen LogP contribution in [-0.2, 0) is 20.9 Å². The third-order valence-electron chi connectivity index (χ3n) is 2.08. The number of hydrogen-bond donors (Lipinski definition) is 3. The molecule has 0 bridgehead atoms. The smallest absolute Gasteiger partial charge is 0.309 e. The van der Waals surface area contributed by atoms with Crippen LogP contribution in [-0.4, -0.2) is 31.3 Å². The maximum absolute atomic E-state index is 11.3. The van der Waals surface area contributed by atoms with E-state index < -0.39 is 11.8 Å². The van der Waals surface area contributed by atoms with Gasteiger partial charge in [-0.15, -0.1) is 0 Å². The summed E-state index contributed by atoms with van der Waals surface area (Å²) in [6.45, 7) is 0.956. The molecule has 0 radical (unpaired) electrons. The van der Waals surface area contributed by atoms with Crippen molar-refractivity contribution in [1.82, 2.24) is 16.0 Å². The first kappa shape index (κ1) is 13.8. The Bertz CT molecular complexity index is 389. The zero-order chi connectivity index (χ0) is 13.2. The van der Waals surface area contributed by atoms with E-state index in [4.69, 9.17) is 4.42 Å². The van der Waals surface area contributed by atoms with E-state index in [0.29, 0.717) is 31.7 Å².